The highest BCUT2D eigenvalue weighted by Gasteiger charge is 2.48. The van der Waals surface area contributed by atoms with Crippen LogP contribution in [0.4, 0.5) is 0 Å². The van der Waals surface area contributed by atoms with Crippen LogP contribution in [0.5, 0.6) is 0 Å². The lowest BCUT2D eigenvalue weighted by Gasteiger charge is -2.41. The maximum Gasteiger partial charge on any atom is 0.337 e. The Morgan fingerprint density at radius 1 is 1.22 bits per heavy atom. The Morgan fingerprint density at radius 3 is 2.56 bits per heavy atom. The molecule has 10 nitrogen and oxygen atoms in total. The van der Waals surface area contributed by atoms with E-state index >= 15 is 0 Å². The van der Waals surface area contributed by atoms with E-state index in [9.17, 15) is 30.3 Å². The largest absolute Gasteiger partial charge is 0.468 e. The van der Waals surface area contributed by atoms with Crippen molar-refractivity contribution >= 4 is 5.97 Å². The Labute approximate surface area is 155 Å². The van der Waals surface area contributed by atoms with Crippen molar-refractivity contribution in [2.45, 2.75) is 56.4 Å². The Balaban J connectivity index is 1.84. The van der Waals surface area contributed by atoms with Crippen LogP contribution in [0.1, 0.15) is 13.3 Å². The molecular weight excluding hydrogens is 364 g/mol. The highest BCUT2D eigenvalue weighted by atomic mass is 16.8. The standard InChI is InChI=1S/C17H24O10/c1-6-9(19)3-7-8(15(23)24-2)5-25-16(11(6)7)27-17-14(22)13(21)12(20)10(4-18)26-17/h5,7,9-10,12-14,16-22H,3-4H2,1-2H3/t7?,9-,10+,12+,13-,14+,16-,17-/m0/s1. The van der Waals surface area contributed by atoms with Crippen LogP contribution in [0, 0.1) is 5.92 Å². The molecule has 1 fully saturated rings. The number of ether oxygens (including phenoxy) is 4. The minimum absolute atomic E-state index is 0.233. The molecule has 0 aromatic rings. The predicted octanol–water partition coefficient (Wildman–Crippen LogP) is -2.09. The van der Waals surface area contributed by atoms with Gasteiger partial charge in [-0.25, -0.2) is 4.79 Å². The van der Waals surface area contributed by atoms with E-state index in [1.54, 1.807) is 6.92 Å². The van der Waals surface area contributed by atoms with Crippen molar-refractivity contribution in [2.24, 2.45) is 5.92 Å². The molecule has 8 atom stereocenters. The van der Waals surface area contributed by atoms with Gasteiger partial charge in [-0.15, -0.1) is 0 Å². The molecule has 3 rings (SSSR count). The van der Waals surface area contributed by atoms with Crippen molar-refractivity contribution in [2.75, 3.05) is 13.7 Å². The minimum atomic E-state index is -1.59. The van der Waals surface area contributed by atoms with Crippen LogP contribution in [-0.4, -0.2) is 88.3 Å². The van der Waals surface area contributed by atoms with E-state index in [1.165, 1.54) is 13.4 Å². The topological polar surface area (TPSA) is 155 Å². The van der Waals surface area contributed by atoms with Gasteiger partial charge >= 0.3 is 5.97 Å². The van der Waals surface area contributed by atoms with E-state index in [2.05, 4.69) is 0 Å². The molecule has 0 amide bonds. The Kier molecular flexibility index (Phi) is 5.87. The zero-order chi connectivity index (χ0) is 19.9. The maximum atomic E-state index is 12.0. The summed E-state index contributed by atoms with van der Waals surface area (Å²) in [5.74, 6) is -1.08. The molecule has 152 valence electrons. The van der Waals surface area contributed by atoms with Gasteiger partial charge in [0, 0.05) is 11.5 Å². The third-order valence-corrected chi connectivity index (χ3v) is 5.26. The number of aliphatic hydroxyl groups excluding tert-OH is 5. The second-order valence-corrected chi connectivity index (χ2v) is 6.81. The van der Waals surface area contributed by atoms with E-state index in [-0.39, 0.29) is 12.0 Å². The van der Waals surface area contributed by atoms with Crippen molar-refractivity contribution in [3.05, 3.63) is 23.0 Å². The molecule has 2 heterocycles. The fourth-order valence-corrected chi connectivity index (χ4v) is 3.64. The molecule has 0 aromatic heterocycles. The summed E-state index contributed by atoms with van der Waals surface area (Å²) in [5.41, 5.74) is 1.29. The molecule has 5 N–H and O–H groups in total. The Hall–Kier alpha value is -1.53. The van der Waals surface area contributed by atoms with Crippen molar-refractivity contribution in [3.8, 4) is 0 Å². The summed E-state index contributed by atoms with van der Waals surface area (Å²) < 4.78 is 21.2. The van der Waals surface area contributed by atoms with Crippen LogP contribution < -0.4 is 0 Å². The normalized spacial score (nSPS) is 41.7. The molecule has 10 heteroatoms. The monoisotopic (exact) mass is 388 g/mol. The number of hydrogen-bond acceptors (Lipinski definition) is 10. The van der Waals surface area contributed by atoms with Gasteiger partial charge in [0.2, 0.25) is 6.29 Å². The van der Waals surface area contributed by atoms with Crippen LogP contribution >= 0.6 is 0 Å². The number of hydrogen-bond donors (Lipinski definition) is 5. The zero-order valence-corrected chi connectivity index (χ0v) is 14.9. The molecule has 0 radical (unpaired) electrons. The van der Waals surface area contributed by atoms with Crippen molar-refractivity contribution < 1.29 is 49.3 Å². The number of carbonyl (C=O) groups excluding carboxylic acids is 1. The van der Waals surface area contributed by atoms with E-state index in [4.69, 9.17) is 18.9 Å². The summed E-state index contributed by atoms with van der Waals surface area (Å²) in [7, 11) is 1.24. The average molecular weight is 388 g/mol. The summed E-state index contributed by atoms with van der Waals surface area (Å²) in [5, 5.41) is 49.3. The van der Waals surface area contributed by atoms with Crippen LogP contribution in [0.25, 0.3) is 0 Å². The summed E-state index contributed by atoms with van der Waals surface area (Å²) in [6.45, 7) is 1.08. The molecule has 27 heavy (non-hydrogen) atoms. The molecule has 0 saturated carbocycles. The van der Waals surface area contributed by atoms with Gasteiger partial charge in [-0.1, -0.05) is 0 Å². The smallest absolute Gasteiger partial charge is 0.337 e. The van der Waals surface area contributed by atoms with Gasteiger partial charge in [0.15, 0.2) is 6.29 Å². The van der Waals surface area contributed by atoms with Crippen molar-refractivity contribution in [1.29, 1.82) is 0 Å². The van der Waals surface area contributed by atoms with Gasteiger partial charge in [0.05, 0.1) is 31.7 Å². The highest BCUT2D eigenvalue weighted by molar-refractivity contribution is 5.90. The summed E-state index contributed by atoms with van der Waals surface area (Å²) >= 11 is 0. The first-order chi connectivity index (χ1) is 12.8. The molecule has 1 unspecified atom stereocenters. The van der Waals surface area contributed by atoms with Crippen molar-refractivity contribution in [3.63, 3.8) is 0 Å². The number of rotatable bonds is 4. The first kappa shape index (κ1) is 20.2. The third-order valence-electron chi connectivity index (χ3n) is 5.26. The van der Waals surface area contributed by atoms with E-state index in [0.29, 0.717) is 11.1 Å². The summed E-state index contributed by atoms with van der Waals surface area (Å²) in [6.07, 6.45) is -7.70. The Bertz CT molecular complexity index is 642. The van der Waals surface area contributed by atoms with E-state index in [0.717, 1.165) is 0 Å². The number of esters is 1. The lowest BCUT2D eigenvalue weighted by Crippen LogP contribution is -2.60. The zero-order valence-electron chi connectivity index (χ0n) is 14.9. The SMILES string of the molecule is COC(=O)C1=CO[C@@H](O[C@@H]2O[C@H](CO)[C@@H](O)[C@H](O)[C@H]2O)C2=C(C)[C@@H](O)CC12. The first-order valence-electron chi connectivity index (χ1n) is 8.58. The summed E-state index contributed by atoms with van der Waals surface area (Å²) in [4.78, 5) is 12.0. The van der Waals surface area contributed by atoms with Crippen LogP contribution in [0.3, 0.4) is 0 Å². The van der Waals surface area contributed by atoms with Gasteiger partial charge in [-0.2, -0.15) is 0 Å². The molecule has 0 spiro atoms. The predicted molar refractivity (Wildman–Crippen MR) is 86.6 cm³/mol. The quantitative estimate of drug-likeness (QED) is 0.267. The molecule has 3 aliphatic rings. The lowest BCUT2D eigenvalue weighted by molar-refractivity contribution is -0.327. The number of aliphatic hydroxyl groups is 5. The number of methoxy groups -OCH3 is 1. The molecule has 0 aromatic carbocycles. The Morgan fingerprint density at radius 2 is 1.93 bits per heavy atom. The fourth-order valence-electron chi connectivity index (χ4n) is 3.64. The molecule has 2 aliphatic heterocycles. The van der Waals surface area contributed by atoms with Crippen LogP contribution in [-0.2, 0) is 23.7 Å². The minimum Gasteiger partial charge on any atom is -0.468 e. The average Bonchev–Trinajstić information content (AvgIpc) is 2.96. The fraction of sp³-hybridized carbons (Fsp3) is 0.706. The molecular formula is C17H24O10. The second-order valence-electron chi connectivity index (χ2n) is 6.81. The number of fused-ring (bicyclic) bond motifs is 1. The second kappa shape index (κ2) is 7.84. The van der Waals surface area contributed by atoms with Crippen LogP contribution in [0.15, 0.2) is 23.0 Å². The van der Waals surface area contributed by atoms with Crippen molar-refractivity contribution in [1.82, 2.24) is 0 Å². The van der Waals surface area contributed by atoms with E-state index in [1.807, 2.05) is 0 Å². The maximum absolute atomic E-state index is 12.0. The van der Waals surface area contributed by atoms with Gasteiger partial charge in [0.25, 0.3) is 0 Å². The van der Waals surface area contributed by atoms with Gasteiger partial charge in [-0.05, 0) is 18.9 Å². The van der Waals surface area contributed by atoms with E-state index < -0.39 is 61.6 Å². The third kappa shape index (κ3) is 3.49. The number of carbonyl (C=O) groups is 1. The van der Waals surface area contributed by atoms with Crippen LogP contribution in [0.2, 0.25) is 0 Å². The molecule has 1 saturated heterocycles. The lowest BCUT2D eigenvalue weighted by atomic mass is 9.90. The van der Waals surface area contributed by atoms with Gasteiger partial charge in [0.1, 0.15) is 24.4 Å². The van der Waals surface area contributed by atoms with Gasteiger partial charge in [-0.3, -0.25) is 0 Å². The highest BCUT2D eigenvalue weighted by Crippen LogP contribution is 2.43. The molecule has 1 aliphatic carbocycles. The molecule has 0 bridgehead atoms. The van der Waals surface area contributed by atoms with Gasteiger partial charge < -0.3 is 44.5 Å². The summed E-state index contributed by atoms with van der Waals surface area (Å²) in [6, 6.07) is 0. The first-order valence-corrected chi connectivity index (χ1v) is 8.58.